The van der Waals surface area contributed by atoms with Gasteiger partial charge in [-0.25, -0.2) is 9.13 Å². The standard InChI is InChI=1S/C8H15N2.4BrH.Fe/c1-8(2)6-10-5-4-9(3)7-10;;;;;/h4-5,7-8H,6H2,1-3H3;4*1H;/q+1;;;;;. The number of hydrogen-bond donors (Lipinski definition) is 0. The van der Waals surface area contributed by atoms with E-state index < -0.39 is 0 Å². The molecule has 15 heavy (non-hydrogen) atoms. The van der Waals surface area contributed by atoms with E-state index in [0.29, 0.717) is 0 Å². The molecule has 1 aromatic rings. The van der Waals surface area contributed by atoms with Gasteiger partial charge in [-0.1, -0.05) is 13.8 Å². The largest absolute Gasteiger partial charge is 0.243 e. The number of aromatic nitrogens is 2. The van der Waals surface area contributed by atoms with E-state index in [1.165, 1.54) is 0 Å². The molecular formula is C8H19Br4FeN2+. The molecular weight excluding hydrogens is 500 g/mol. The van der Waals surface area contributed by atoms with Crippen molar-refractivity contribution in [2.45, 2.75) is 20.4 Å². The molecule has 96 valence electrons. The molecule has 0 N–H and O–H groups in total. The maximum atomic E-state index is 2.22. The van der Waals surface area contributed by atoms with Gasteiger partial charge in [-0.3, -0.25) is 0 Å². The van der Waals surface area contributed by atoms with Crippen LogP contribution in [0.1, 0.15) is 13.8 Å². The fourth-order valence-corrected chi connectivity index (χ4v) is 1.03. The first-order valence-corrected chi connectivity index (χ1v) is 3.69. The first-order valence-electron chi connectivity index (χ1n) is 3.69. The quantitative estimate of drug-likeness (QED) is 0.420. The maximum absolute atomic E-state index is 2.22. The van der Waals surface area contributed by atoms with Crippen molar-refractivity contribution in [1.82, 2.24) is 4.57 Å². The van der Waals surface area contributed by atoms with E-state index in [1.54, 1.807) is 0 Å². The summed E-state index contributed by atoms with van der Waals surface area (Å²) in [6, 6.07) is 0. The Hall–Kier alpha value is 1.65. The van der Waals surface area contributed by atoms with Crippen LogP contribution in [0.15, 0.2) is 18.7 Å². The van der Waals surface area contributed by atoms with Crippen molar-refractivity contribution < 1.29 is 21.6 Å². The zero-order valence-electron chi connectivity index (χ0n) is 8.90. The SMILES string of the molecule is Br.Br.Br.Br.CC(C)C[n+]1ccn(C)c1.[Fe]. The third kappa shape index (κ3) is 13.6. The van der Waals surface area contributed by atoms with Crippen LogP contribution >= 0.6 is 67.9 Å². The molecule has 1 rings (SSSR count). The second-order valence-corrected chi connectivity index (χ2v) is 3.17. The summed E-state index contributed by atoms with van der Waals surface area (Å²) < 4.78 is 4.26. The molecule has 0 aliphatic carbocycles. The van der Waals surface area contributed by atoms with Crippen molar-refractivity contribution in [2.24, 2.45) is 13.0 Å². The fourth-order valence-electron chi connectivity index (χ4n) is 1.03. The van der Waals surface area contributed by atoms with Crippen LogP contribution in [0.2, 0.25) is 0 Å². The molecule has 1 heterocycles. The molecule has 0 saturated heterocycles. The van der Waals surface area contributed by atoms with Gasteiger partial charge in [-0.2, -0.15) is 0 Å². The molecule has 0 spiro atoms. The van der Waals surface area contributed by atoms with Crippen LogP contribution in [0.5, 0.6) is 0 Å². The summed E-state index contributed by atoms with van der Waals surface area (Å²) in [5.41, 5.74) is 0. The van der Waals surface area contributed by atoms with Crippen LogP contribution in [0, 0.1) is 5.92 Å². The Kier molecular flexibility index (Phi) is 31.3. The van der Waals surface area contributed by atoms with E-state index in [-0.39, 0.29) is 85.0 Å². The second kappa shape index (κ2) is 15.6. The van der Waals surface area contributed by atoms with Crippen LogP contribution in [-0.4, -0.2) is 4.57 Å². The topological polar surface area (TPSA) is 8.81 Å². The van der Waals surface area contributed by atoms with Crippen LogP contribution in [-0.2, 0) is 30.7 Å². The first kappa shape index (κ1) is 30.0. The number of imidazole rings is 1. The van der Waals surface area contributed by atoms with Crippen LogP contribution < -0.4 is 4.57 Å². The number of nitrogens with zero attached hydrogens (tertiary/aromatic N) is 2. The summed E-state index contributed by atoms with van der Waals surface area (Å²) in [5.74, 6) is 0.729. The van der Waals surface area contributed by atoms with Crippen molar-refractivity contribution >= 4 is 67.9 Å². The first-order chi connectivity index (χ1) is 4.68. The molecule has 0 fully saturated rings. The Bertz CT molecular complexity index is 218. The molecule has 0 bridgehead atoms. The third-order valence-electron chi connectivity index (χ3n) is 1.40. The molecule has 0 saturated carbocycles. The van der Waals surface area contributed by atoms with Gasteiger partial charge < -0.3 is 0 Å². The van der Waals surface area contributed by atoms with Crippen molar-refractivity contribution in [3.63, 3.8) is 0 Å². The third-order valence-corrected chi connectivity index (χ3v) is 1.40. The average Bonchev–Trinajstić information content (AvgIpc) is 2.13. The van der Waals surface area contributed by atoms with Gasteiger partial charge in [-0.15, -0.1) is 67.9 Å². The summed E-state index contributed by atoms with van der Waals surface area (Å²) >= 11 is 0. The Morgan fingerprint density at radius 3 is 1.87 bits per heavy atom. The predicted molar refractivity (Wildman–Crippen MR) is 81.7 cm³/mol. The summed E-state index contributed by atoms with van der Waals surface area (Å²) in [7, 11) is 2.04. The molecule has 1 aromatic heterocycles. The molecule has 0 atom stereocenters. The van der Waals surface area contributed by atoms with E-state index >= 15 is 0 Å². The minimum absolute atomic E-state index is 0. The summed E-state index contributed by atoms with van der Waals surface area (Å²) in [6.45, 7) is 5.56. The van der Waals surface area contributed by atoms with E-state index in [9.17, 15) is 0 Å². The normalized spacial score (nSPS) is 7.20. The van der Waals surface area contributed by atoms with Gasteiger partial charge in [-0.05, 0) is 5.92 Å². The predicted octanol–water partition coefficient (Wildman–Crippen LogP) is 3.28. The number of halogens is 4. The second-order valence-electron chi connectivity index (χ2n) is 3.17. The van der Waals surface area contributed by atoms with E-state index in [0.717, 1.165) is 12.5 Å². The van der Waals surface area contributed by atoms with E-state index in [4.69, 9.17) is 0 Å². The van der Waals surface area contributed by atoms with Crippen LogP contribution in [0.4, 0.5) is 0 Å². The smallest absolute Gasteiger partial charge is 0.240 e. The minimum Gasteiger partial charge on any atom is -0.240 e. The molecule has 2 nitrogen and oxygen atoms in total. The van der Waals surface area contributed by atoms with Gasteiger partial charge in [0.1, 0.15) is 12.4 Å². The van der Waals surface area contributed by atoms with Gasteiger partial charge >= 0.3 is 0 Å². The monoisotopic (exact) mass is 515 g/mol. The maximum Gasteiger partial charge on any atom is 0.243 e. The van der Waals surface area contributed by atoms with Crippen LogP contribution in [0.3, 0.4) is 0 Å². The molecule has 0 radical (unpaired) electrons. The Labute approximate surface area is 145 Å². The molecule has 0 aliphatic heterocycles. The van der Waals surface area contributed by atoms with Crippen molar-refractivity contribution in [3.05, 3.63) is 18.7 Å². The van der Waals surface area contributed by atoms with E-state index in [1.807, 2.05) is 7.05 Å². The van der Waals surface area contributed by atoms with E-state index in [2.05, 4.69) is 41.7 Å². The number of hydrogen-bond acceptors (Lipinski definition) is 0. The summed E-state index contributed by atoms with van der Waals surface area (Å²) in [6.07, 6.45) is 6.25. The van der Waals surface area contributed by atoms with Gasteiger partial charge in [0, 0.05) is 17.1 Å². The summed E-state index contributed by atoms with van der Waals surface area (Å²) in [4.78, 5) is 0. The molecule has 0 aliphatic rings. The number of rotatable bonds is 2. The van der Waals surface area contributed by atoms with Crippen molar-refractivity contribution in [2.75, 3.05) is 0 Å². The minimum atomic E-state index is 0. The van der Waals surface area contributed by atoms with Crippen LogP contribution in [0.25, 0.3) is 0 Å². The molecule has 0 amide bonds. The number of aryl methyl sites for hydroxylation is 1. The Morgan fingerprint density at radius 2 is 1.60 bits per heavy atom. The van der Waals surface area contributed by atoms with Gasteiger partial charge in [0.05, 0.1) is 13.6 Å². The van der Waals surface area contributed by atoms with Crippen molar-refractivity contribution in [3.8, 4) is 0 Å². The molecule has 0 aromatic carbocycles. The Balaban J connectivity index is -0.0000000667. The average molecular weight is 519 g/mol. The zero-order valence-corrected chi connectivity index (χ0v) is 16.9. The summed E-state index contributed by atoms with van der Waals surface area (Å²) in [5, 5.41) is 0. The fraction of sp³-hybridized carbons (Fsp3) is 0.625. The van der Waals surface area contributed by atoms with Crippen molar-refractivity contribution in [1.29, 1.82) is 0 Å². The van der Waals surface area contributed by atoms with Gasteiger partial charge in [0.2, 0.25) is 6.33 Å². The van der Waals surface area contributed by atoms with Gasteiger partial charge in [0.15, 0.2) is 0 Å². The molecule has 7 heteroatoms. The van der Waals surface area contributed by atoms with Gasteiger partial charge in [0.25, 0.3) is 0 Å². The zero-order chi connectivity index (χ0) is 7.56. The Morgan fingerprint density at radius 1 is 1.13 bits per heavy atom. The molecule has 0 unspecified atom stereocenters.